The van der Waals surface area contributed by atoms with Crippen LogP contribution in [0, 0.1) is 5.82 Å². The summed E-state index contributed by atoms with van der Waals surface area (Å²) >= 11 is 0. The third-order valence-corrected chi connectivity index (χ3v) is 4.58. The molecule has 1 atom stereocenters. The number of anilines is 1. The predicted molar refractivity (Wildman–Crippen MR) is 103 cm³/mol. The van der Waals surface area contributed by atoms with Gasteiger partial charge in [0.1, 0.15) is 23.4 Å². The van der Waals surface area contributed by atoms with Crippen molar-refractivity contribution in [1.29, 1.82) is 0 Å². The lowest BCUT2D eigenvalue weighted by Crippen LogP contribution is -2.46. The number of halogens is 1. The van der Waals surface area contributed by atoms with Crippen LogP contribution >= 0.6 is 0 Å². The van der Waals surface area contributed by atoms with Crippen LogP contribution in [0.15, 0.2) is 54.1 Å². The number of benzene rings is 2. The van der Waals surface area contributed by atoms with E-state index in [1.54, 1.807) is 39.3 Å². The van der Waals surface area contributed by atoms with E-state index in [0.717, 1.165) is 5.56 Å². The van der Waals surface area contributed by atoms with E-state index in [1.807, 2.05) is 0 Å². The first-order valence-electron chi connectivity index (χ1n) is 8.70. The van der Waals surface area contributed by atoms with E-state index in [2.05, 4.69) is 5.32 Å². The molecule has 6 nitrogen and oxygen atoms in total. The summed E-state index contributed by atoms with van der Waals surface area (Å²) in [5.74, 6) is 0.181. The molecule has 7 heteroatoms. The molecule has 0 fully saturated rings. The molecule has 1 aliphatic heterocycles. The maximum absolute atomic E-state index is 13.2. The number of nitrogens with one attached hydrogen (secondary N) is 1. The largest absolute Gasteiger partial charge is 0.497 e. The van der Waals surface area contributed by atoms with Crippen molar-refractivity contribution in [2.75, 3.05) is 19.1 Å². The maximum Gasteiger partial charge on any atom is 0.252 e. The van der Waals surface area contributed by atoms with Gasteiger partial charge in [0.05, 0.1) is 14.2 Å². The van der Waals surface area contributed by atoms with Gasteiger partial charge < -0.3 is 14.8 Å². The highest BCUT2D eigenvalue weighted by Crippen LogP contribution is 2.28. The van der Waals surface area contributed by atoms with Gasteiger partial charge in [0.2, 0.25) is 5.91 Å². The molecule has 1 N–H and O–H groups in total. The summed E-state index contributed by atoms with van der Waals surface area (Å²) in [6.07, 6.45) is 1.42. The highest BCUT2D eigenvalue weighted by Gasteiger charge is 2.36. The molecule has 3 rings (SSSR count). The summed E-state index contributed by atoms with van der Waals surface area (Å²) in [5.41, 5.74) is 1.85. The quantitative estimate of drug-likeness (QED) is 0.832. The second kappa shape index (κ2) is 8.12. The van der Waals surface area contributed by atoms with E-state index < -0.39 is 11.9 Å². The Morgan fingerprint density at radius 1 is 1.14 bits per heavy atom. The molecule has 146 valence electrons. The SMILES string of the molecule is COc1ccc(CNC(=O)C2C(C)=CC(=O)N2c2ccc(F)cc2)c(OC)c1. The Labute approximate surface area is 162 Å². The van der Waals surface area contributed by atoms with Crippen LogP contribution in [0.1, 0.15) is 12.5 Å². The van der Waals surface area contributed by atoms with E-state index in [-0.39, 0.29) is 18.4 Å². The zero-order chi connectivity index (χ0) is 20.3. The fraction of sp³-hybridized carbons (Fsp3) is 0.238. The van der Waals surface area contributed by atoms with Crippen LogP contribution in [0.3, 0.4) is 0 Å². The van der Waals surface area contributed by atoms with E-state index in [9.17, 15) is 14.0 Å². The normalized spacial score (nSPS) is 16.0. The summed E-state index contributed by atoms with van der Waals surface area (Å²) in [5, 5.41) is 2.85. The van der Waals surface area contributed by atoms with Crippen molar-refractivity contribution in [3.63, 3.8) is 0 Å². The van der Waals surface area contributed by atoms with Gasteiger partial charge in [-0.15, -0.1) is 0 Å². The molecule has 2 aromatic carbocycles. The van der Waals surface area contributed by atoms with Crippen molar-refractivity contribution in [2.24, 2.45) is 0 Å². The molecule has 0 bridgehead atoms. The molecule has 1 aliphatic rings. The van der Waals surface area contributed by atoms with Crippen molar-refractivity contribution < 1.29 is 23.5 Å². The Hall–Kier alpha value is -3.35. The smallest absolute Gasteiger partial charge is 0.252 e. The van der Waals surface area contributed by atoms with Crippen molar-refractivity contribution in [2.45, 2.75) is 19.5 Å². The van der Waals surface area contributed by atoms with E-state index in [4.69, 9.17) is 9.47 Å². The first-order valence-corrected chi connectivity index (χ1v) is 8.70. The minimum atomic E-state index is -0.790. The first-order chi connectivity index (χ1) is 13.4. The Balaban J connectivity index is 1.78. The lowest BCUT2D eigenvalue weighted by molar-refractivity contribution is -0.123. The fourth-order valence-corrected chi connectivity index (χ4v) is 3.15. The van der Waals surface area contributed by atoms with Gasteiger partial charge >= 0.3 is 0 Å². The monoisotopic (exact) mass is 384 g/mol. The van der Waals surface area contributed by atoms with Crippen LogP contribution in [0.2, 0.25) is 0 Å². The zero-order valence-corrected chi connectivity index (χ0v) is 15.9. The molecule has 0 saturated heterocycles. The average Bonchev–Trinajstić information content (AvgIpc) is 3.00. The van der Waals surface area contributed by atoms with Crippen LogP contribution in [-0.2, 0) is 16.1 Å². The van der Waals surface area contributed by atoms with Gasteiger partial charge in [0.15, 0.2) is 0 Å². The minimum absolute atomic E-state index is 0.223. The number of amides is 2. The van der Waals surface area contributed by atoms with Crippen molar-refractivity contribution in [3.05, 3.63) is 65.5 Å². The van der Waals surface area contributed by atoms with E-state index in [0.29, 0.717) is 22.8 Å². The van der Waals surface area contributed by atoms with Gasteiger partial charge in [-0.05, 0) is 48.9 Å². The lowest BCUT2D eigenvalue weighted by atomic mass is 10.1. The lowest BCUT2D eigenvalue weighted by Gasteiger charge is -2.26. The molecule has 0 aliphatic carbocycles. The van der Waals surface area contributed by atoms with Gasteiger partial charge in [-0.2, -0.15) is 0 Å². The molecule has 0 radical (unpaired) electrons. The molecule has 0 aromatic heterocycles. The number of hydrogen-bond acceptors (Lipinski definition) is 4. The van der Waals surface area contributed by atoms with Gasteiger partial charge in [-0.25, -0.2) is 4.39 Å². The van der Waals surface area contributed by atoms with Crippen LogP contribution in [-0.4, -0.2) is 32.1 Å². The Morgan fingerprint density at radius 2 is 1.86 bits per heavy atom. The van der Waals surface area contributed by atoms with E-state index >= 15 is 0 Å². The van der Waals surface area contributed by atoms with Crippen molar-refractivity contribution in [3.8, 4) is 11.5 Å². The van der Waals surface area contributed by atoms with Crippen LogP contribution in [0.4, 0.5) is 10.1 Å². The third kappa shape index (κ3) is 3.83. The molecular weight excluding hydrogens is 363 g/mol. The number of nitrogens with zero attached hydrogens (tertiary/aromatic N) is 1. The highest BCUT2D eigenvalue weighted by atomic mass is 19.1. The highest BCUT2D eigenvalue weighted by molar-refractivity contribution is 6.12. The predicted octanol–water partition coefficient (Wildman–Crippen LogP) is 2.82. The Kier molecular flexibility index (Phi) is 5.63. The summed E-state index contributed by atoms with van der Waals surface area (Å²) in [4.78, 5) is 26.6. The number of rotatable bonds is 6. The van der Waals surface area contributed by atoms with Gasteiger partial charge in [-0.1, -0.05) is 0 Å². The summed E-state index contributed by atoms with van der Waals surface area (Å²) in [6.45, 7) is 1.95. The second-order valence-corrected chi connectivity index (χ2v) is 6.37. The number of methoxy groups -OCH3 is 2. The fourth-order valence-electron chi connectivity index (χ4n) is 3.15. The second-order valence-electron chi connectivity index (χ2n) is 6.37. The Bertz CT molecular complexity index is 925. The maximum atomic E-state index is 13.2. The summed E-state index contributed by atoms with van der Waals surface area (Å²) < 4.78 is 23.7. The van der Waals surface area contributed by atoms with Gasteiger partial charge in [0.25, 0.3) is 5.91 Å². The zero-order valence-electron chi connectivity index (χ0n) is 15.9. The third-order valence-electron chi connectivity index (χ3n) is 4.58. The molecular formula is C21H21FN2O4. The number of carbonyl (C=O) groups excluding carboxylic acids is 2. The Morgan fingerprint density at radius 3 is 2.50 bits per heavy atom. The number of hydrogen-bond donors (Lipinski definition) is 1. The van der Waals surface area contributed by atoms with Crippen LogP contribution in [0.25, 0.3) is 0 Å². The minimum Gasteiger partial charge on any atom is -0.497 e. The summed E-state index contributed by atoms with van der Waals surface area (Å²) in [7, 11) is 3.10. The molecule has 2 aromatic rings. The topological polar surface area (TPSA) is 67.9 Å². The number of ether oxygens (including phenoxy) is 2. The molecule has 1 unspecified atom stereocenters. The molecule has 28 heavy (non-hydrogen) atoms. The molecule has 0 saturated carbocycles. The molecule has 0 spiro atoms. The molecule has 2 amide bonds. The first kappa shape index (κ1) is 19.4. The summed E-state index contributed by atoms with van der Waals surface area (Å²) in [6, 6.07) is 10.00. The van der Waals surface area contributed by atoms with Gasteiger partial charge in [-0.3, -0.25) is 14.5 Å². The van der Waals surface area contributed by atoms with Crippen LogP contribution < -0.4 is 19.7 Å². The van der Waals surface area contributed by atoms with E-state index in [1.165, 1.54) is 35.2 Å². The standard InChI is InChI=1S/C21H21FN2O4/c1-13-10-19(25)24(16-7-5-15(22)6-8-16)20(13)21(26)23-12-14-4-9-17(27-2)11-18(14)28-3/h4-11,20H,12H2,1-3H3,(H,23,26). The number of carbonyl (C=O) groups is 2. The van der Waals surface area contributed by atoms with Crippen LogP contribution in [0.5, 0.6) is 11.5 Å². The average molecular weight is 384 g/mol. The molecule has 1 heterocycles. The van der Waals surface area contributed by atoms with Crippen molar-refractivity contribution >= 4 is 17.5 Å². The van der Waals surface area contributed by atoms with Gasteiger partial charge in [0, 0.05) is 29.9 Å². The van der Waals surface area contributed by atoms with Crippen molar-refractivity contribution in [1.82, 2.24) is 5.32 Å².